The van der Waals surface area contributed by atoms with Crippen molar-refractivity contribution < 1.29 is 13.5 Å². The molecule has 0 radical (unpaired) electrons. The molecule has 0 spiro atoms. The Morgan fingerprint density at radius 3 is 2.42 bits per heavy atom. The number of hydrogen-bond donors (Lipinski definition) is 1. The molecule has 0 bridgehead atoms. The summed E-state index contributed by atoms with van der Waals surface area (Å²) in [7, 11) is -3.40. The Morgan fingerprint density at radius 2 is 1.85 bits per heavy atom. The third-order valence-electron chi connectivity index (χ3n) is 5.52. The zero-order chi connectivity index (χ0) is 18.6. The van der Waals surface area contributed by atoms with Crippen LogP contribution in [0.4, 0.5) is 0 Å². The summed E-state index contributed by atoms with van der Waals surface area (Å²) >= 11 is 1.29. The van der Waals surface area contributed by atoms with E-state index < -0.39 is 10.0 Å². The summed E-state index contributed by atoms with van der Waals surface area (Å²) in [4.78, 5) is 0. The maximum Gasteiger partial charge on any atom is 0.252 e. The lowest BCUT2D eigenvalue weighted by molar-refractivity contribution is 0.0585. The van der Waals surface area contributed by atoms with Crippen LogP contribution in [0.2, 0.25) is 0 Å². The Balaban J connectivity index is 1.59. The van der Waals surface area contributed by atoms with Gasteiger partial charge in [-0.3, -0.25) is 0 Å². The maximum absolute atomic E-state index is 12.8. The van der Waals surface area contributed by atoms with Gasteiger partial charge in [0.1, 0.15) is 4.21 Å². The molecule has 1 saturated heterocycles. The fraction of sp³-hybridized carbons (Fsp3) is 0.500. The summed E-state index contributed by atoms with van der Waals surface area (Å²) in [5, 5.41) is 11.8. The minimum atomic E-state index is -3.40. The second-order valence-electron chi connectivity index (χ2n) is 7.29. The molecule has 2 heterocycles. The van der Waals surface area contributed by atoms with Gasteiger partial charge in [-0.25, -0.2) is 8.42 Å². The predicted octanol–water partition coefficient (Wildman–Crippen LogP) is 3.84. The van der Waals surface area contributed by atoms with Gasteiger partial charge >= 0.3 is 0 Å². The summed E-state index contributed by atoms with van der Waals surface area (Å²) in [6.07, 6.45) is 4.40. The number of aliphatic hydroxyl groups is 1. The highest BCUT2D eigenvalue weighted by atomic mass is 32.2. The summed E-state index contributed by atoms with van der Waals surface area (Å²) in [5.41, 5.74) is 1.98. The Hall–Kier alpha value is -1.21. The van der Waals surface area contributed by atoms with E-state index in [0.717, 1.165) is 37.7 Å². The largest absolute Gasteiger partial charge is 0.396 e. The average molecular weight is 394 g/mol. The first-order valence-corrected chi connectivity index (χ1v) is 11.5. The van der Waals surface area contributed by atoms with Crippen LogP contribution in [0, 0.1) is 12.3 Å². The Labute approximate surface area is 160 Å². The van der Waals surface area contributed by atoms with Gasteiger partial charge in [-0.1, -0.05) is 30.3 Å². The molecule has 1 aliphatic heterocycles. The van der Waals surface area contributed by atoms with Crippen molar-refractivity contribution >= 4 is 21.4 Å². The number of aliphatic hydroxyl groups excluding tert-OH is 1. The molecule has 0 atom stereocenters. The highest BCUT2D eigenvalue weighted by molar-refractivity contribution is 7.91. The van der Waals surface area contributed by atoms with Crippen LogP contribution in [0.3, 0.4) is 0 Å². The lowest BCUT2D eigenvalue weighted by Crippen LogP contribution is -2.44. The second-order valence-corrected chi connectivity index (χ2v) is 10.3. The number of hydrogen-bond acceptors (Lipinski definition) is 4. The summed E-state index contributed by atoms with van der Waals surface area (Å²) in [6, 6.07) is 12.2. The number of thiophene rings is 1. The van der Waals surface area contributed by atoms with Crippen molar-refractivity contribution in [2.24, 2.45) is 5.41 Å². The molecular weight excluding hydrogens is 366 g/mol. The molecule has 142 valence electrons. The van der Waals surface area contributed by atoms with Crippen LogP contribution in [0.25, 0.3) is 0 Å². The molecule has 0 saturated carbocycles. The van der Waals surface area contributed by atoms with E-state index in [1.54, 1.807) is 4.31 Å². The van der Waals surface area contributed by atoms with Crippen LogP contribution >= 0.6 is 11.3 Å². The predicted molar refractivity (Wildman–Crippen MR) is 106 cm³/mol. The Bertz CT molecular complexity index is 807. The molecule has 0 unspecified atom stereocenters. The van der Waals surface area contributed by atoms with Crippen LogP contribution in [-0.2, 0) is 16.4 Å². The molecule has 1 N–H and O–H groups in total. The minimum absolute atomic E-state index is 0.133. The molecular formula is C20H27NO3S2. The molecule has 3 rings (SSSR count). The second kappa shape index (κ2) is 8.21. The molecule has 1 aliphatic rings. The number of aryl methyl sites for hydroxylation is 2. The van der Waals surface area contributed by atoms with E-state index in [9.17, 15) is 13.5 Å². The van der Waals surface area contributed by atoms with E-state index in [-0.39, 0.29) is 12.0 Å². The molecule has 0 aliphatic carbocycles. The lowest BCUT2D eigenvalue weighted by Gasteiger charge is -2.40. The minimum Gasteiger partial charge on any atom is -0.396 e. The molecule has 4 nitrogen and oxygen atoms in total. The average Bonchev–Trinajstić information content (AvgIpc) is 3.10. The van der Waals surface area contributed by atoms with Gasteiger partial charge in [-0.2, -0.15) is 4.31 Å². The first kappa shape index (κ1) is 19.5. The zero-order valence-corrected chi connectivity index (χ0v) is 16.9. The van der Waals surface area contributed by atoms with E-state index in [1.165, 1.54) is 16.9 Å². The van der Waals surface area contributed by atoms with E-state index in [2.05, 4.69) is 12.1 Å². The normalized spacial score (nSPS) is 18.1. The molecule has 6 heteroatoms. The number of nitrogens with zero attached hydrogens (tertiary/aromatic N) is 1. The van der Waals surface area contributed by atoms with Gasteiger partial charge in [0.15, 0.2) is 0 Å². The number of piperidine rings is 1. The topological polar surface area (TPSA) is 57.6 Å². The van der Waals surface area contributed by atoms with Gasteiger partial charge in [0.05, 0.1) is 0 Å². The van der Waals surface area contributed by atoms with E-state index in [1.807, 2.05) is 36.6 Å². The highest BCUT2D eigenvalue weighted by Crippen LogP contribution is 2.38. The van der Waals surface area contributed by atoms with Crippen LogP contribution in [0.15, 0.2) is 46.0 Å². The summed E-state index contributed by atoms with van der Waals surface area (Å²) in [6.45, 7) is 2.96. The number of rotatable bonds is 7. The zero-order valence-electron chi connectivity index (χ0n) is 15.2. The summed E-state index contributed by atoms with van der Waals surface area (Å²) < 4.78 is 27.7. The quantitative estimate of drug-likeness (QED) is 0.777. The molecule has 1 aromatic carbocycles. The lowest BCUT2D eigenvalue weighted by atomic mass is 9.75. The van der Waals surface area contributed by atoms with Crippen LogP contribution in [0.5, 0.6) is 0 Å². The number of sulfonamides is 1. The first-order chi connectivity index (χ1) is 12.5. The van der Waals surface area contributed by atoms with Crippen molar-refractivity contribution in [1.82, 2.24) is 4.31 Å². The van der Waals surface area contributed by atoms with Gasteiger partial charge in [-0.15, -0.1) is 11.3 Å². The van der Waals surface area contributed by atoms with Crippen molar-refractivity contribution in [3.8, 4) is 0 Å². The molecule has 1 aromatic heterocycles. The van der Waals surface area contributed by atoms with Crippen molar-refractivity contribution in [2.75, 3.05) is 19.7 Å². The molecule has 2 aromatic rings. The van der Waals surface area contributed by atoms with E-state index in [4.69, 9.17) is 0 Å². The van der Waals surface area contributed by atoms with Crippen LogP contribution in [0.1, 0.15) is 36.8 Å². The molecule has 0 amide bonds. The Morgan fingerprint density at radius 1 is 1.15 bits per heavy atom. The molecule has 26 heavy (non-hydrogen) atoms. The number of benzene rings is 1. The van der Waals surface area contributed by atoms with Crippen molar-refractivity contribution in [2.45, 2.75) is 43.2 Å². The monoisotopic (exact) mass is 393 g/mol. The van der Waals surface area contributed by atoms with Crippen molar-refractivity contribution in [1.29, 1.82) is 0 Å². The van der Waals surface area contributed by atoms with Crippen LogP contribution < -0.4 is 0 Å². The fourth-order valence-corrected chi connectivity index (χ4v) is 6.73. The maximum atomic E-state index is 12.8. The summed E-state index contributed by atoms with van der Waals surface area (Å²) in [5.74, 6) is 0. The standard InChI is InChI=1S/C20H27NO3S2/c1-17-9-15-25-19(17)26(23,24)21-13-11-20(16-22,12-14-21)10-5-8-18-6-3-2-4-7-18/h2-4,6-7,9,15,22H,5,8,10-14,16H2,1H3. The van der Waals surface area contributed by atoms with Crippen molar-refractivity contribution in [3.63, 3.8) is 0 Å². The van der Waals surface area contributed by atoms with Crippen molar-refractivity contribution in [3.05, 3.63) is 52.9 Å². The van der Waals surface area contributed by atoms with Gasteiger partial charge in [0, 0.05) is 19.7 Å². The smallest absolute Gasteiger partial charge is 0.252 e. The van der Waals surface area contributed by atoms with Crippen LogP contribution in [-0.4, -0.2) is 37.5 Å². The van der Waals surface area contributed by atoms with E-state index >= 15 is 0 Å². The van der Waals surface area contributed by atoms with E-state index in [0.29, 0.717) is 17.3 Å². The van der Waals surface area contributed by atoms with Gasteiger partial charge in [0.25, 0.3) is 10.0 Å². The molecule has 1 fully saturated rings. The van der Waals surface area contributed by atoms with Gasteiger partial charge in [-0.05, 0) is 67.0 Å². The SMILES string of the molecule is Cc1ccsc1S(=O)(=O)N1CCC(CO)(CCCc2ccccc2)CC1. The third kappa shape index (κ3) is 4.19. The fourth-order valence-electron chi connectivity index (χ4n) is 3.74. The third-order valence-corrected chi connectivity index (χ3v) is 9.09. The van der Waals surface area contributed by atoms with Gasteiger partial charge in [0.2, 0.25) is 0 Å². The van der Waals surface area contributed by atoms with Gasteiger partial charge < -0.3 is 5.11 Å². The Kier molecular flexibility index (Phi) is 6.17. The highest BCUT2D eigenvalue weighted by Gasteiger charge is 2.38. The first-order valence-electron chi connectivity index (χ1n) is 9.16.